The number of hydrogen-bond acceptors (Lipinski definition) is 2. The smallest absolute Gasteiger partial charge is 0.306 e. The molecular formula is C8H15NO2. The van der Waals surface area contributed by atoms with E-state index in [-0.39, 0.29) is 12.0 Å². The average molecular weight is 157 g/mol. The molecule has 0 aromatic carbocycles. The molecule has 0 heterocycles. The van der Waals surface area contributed by atoms with E-state index >= 15 is 0 Å². The molecule has 0 aliphatic heterocycles. The fraction of sp³-hybridized carbons (Fsp3) is 0.875. The summed E-state index contributed by atoms with van der Waals surface area (Å²) in [5.74, 6) is -0.316. The van der Waals surface area contributed by atoms with Crippen LogP contribution < -0.4 is 5.73 Å². The van der Waals surface area contributed by atoms with Gasteiger partial charge in [-0.15, -0.1) is 0 Å². The van der Waals surface area contributed by atoms with Gasteiger partial charge in [0.05, 0.1) is 5.92 Å². The number of carboxylic acid groups (broad SMARTS) is 1. The van der Waals surface area contributed by atoms with Crippen LogP contribution in [0.25, 0.3) is 0 Å². The number of aliphatic carboxylic acids is 1. The maximum absolute atomic E-state index is 10.4. The minimum atomic E-state index is -0.662. The third-order valence-electron chi connectivity index (χ3n) is 2.60. The molecule has 1 atom stereocenters. The average Bonchev–Trinajstić information content (AvgIpc) is 1.83. The highest BCUT2D eigenvalue weighted by Crippen LogP contribution is 2.36. The Bertz CT molecular complexity index is 152. The zero-order valence-corrected chi connectivity index (χ0v) is 6.79. The highest BCUT2D eigenvalue weighted by atomic mass is 16.4. The summed E-state index contributed by atoms with van der Waals surface area (Å²) < 4.78 is 0. The SMILES string of the molecule is CCC(N)C1CC(C(=O)O)C1. The van der Waals surface area contributed by atoms with Crippen LogP contribution in [-0.4, -0.2) is 17.1 Å². The van der Waals surface area contributed by atoms with Crippen LogP contribution in [0.5, 0.6) is 0 Å². The summed E-state index contributed by atoms with van der Waals surface area (Å²) in [5.41, 5.74) is 5.75. The molecular weight excluding hydrogens is 142 g/mol. The first kappa shape index (κ1) is 8.53. The van der Waals surface area contributed by atoms with Crippen molar-refractivity contribution in [3.8, 4) is 0 Å². The van der Waals surface area contributed by atoms with Gasteiger partial charge in [-0.3, -0.25) is 4.79 Å². The van der Waals surface area contributed by atoms with Gasteiger partial charge in [0.15, 0.2) is 0 Å². The third kappa shape index (κ3) is 1.71. The lowest BCUT2D eigenvalue weighted by Gasteiger charge is -2.36. The Morgan fingerprint density at radius 1 is 1.73 bits per heavy atom. The molecule has 1 aliphatic rings. The van der Waals surface area contributed by atoms with Crippen molar-refractivity contribution in [3.63, 3.8) is 0 Å². The zero-order chi connectivity index (χ0) is 8.43. The van der Waals surface area contributed by atoms with Crippen molar-refractivity contribution in [3.05, 3.63) is 0 Å². The second-order valence-electron chi connectivity index (χ2n) is 3.34. The number of hydrogen-bond donors (Lipinski definition) is 2. The quantitative estimate of drug-likeness (QED) is 0.638. The van der Waals surface area contributed by atoms with E-state index in [1.54, 1.807) is 0 Å². The Kier molecular flexibility index (Phi) is 2.49. The molecule has 11 heavy (non-hydrogen) atoms. The van der Waals surface area contributed by atoms with Crippen molar-refractivity contribution in [1.82, 2.24) is 0 Å². The Morgan fingerprint density at radius 2 is 2.27 bits per heavy atom. The van der Waals surface area contributed by atoms with Gasteiger partial charge in [0.25, 0.3) is 0 Å². The van der Waals surface area contributed by atoms with Gasteiger partial charge >= 0.3 is 5.97 Å². The standard InChI is InChI=1S/C8H15NO2/c1-2-7(9)5-3-6(4-5)8(10)11/h5-7H,2-4,9H2,1H3,(H,10,11). The molecule has 1 saturated carbocycles. The molecule has 3 N–H and O–H groups in total. The number of rotatable bonds is 3. The molecule has 1 unspecified atom stereocenters. The van der Waals surface area contributed by atoms with Crippen LogP contribution in [0.2, 0.25) is 0 Å². The van der Waals surface area contributed by atoms with Gasteiger partial charge in [-0.1, -0.05) is 6.92 Å². The summed E-state index contributed by atoms with van der Waals surface area (Å²) >= 11 is 0. The molecule has 0 bridgehead atoms. The molecule has 1 rings (SSSR count). The van der Waals surface area contributed by atoms with Crippen LogP contribution in [0.15, 0.2) is 0 Å². The van der Waals surface area contributed by atoms with E-state index in [4.69, 9.17) is 10.8 Å². The largest absolute Gasteiger partial charge is 0.481 e. The fourth-order valence-corrected chi connectivity index (χ4v) is 1.55. The summed E-state index contributed by atoms with van der Waals surface area (Å²) in [6.07, 6.45) is 2.52. The van der Waals surface area contributed by atoms with Crippen LogP contribution >= 0.6 is 0 Å². The summed E-state index contributed by atoms with van der Waals surface area (Å²) in [4.78, 5) is 10.4. The monoisotopic (exact) mass is 157 g/mol. The van der Waals surface area contributed by atoms with Crippen molar-refractivity contribution in [2.45, 2.75) is 32.2 Å². The number of carboxylic acids is 1. The van der Waals surface area contributed by atoms with E-state index < -0.39 is 5.97 Å². The summed E-state index contributed by atoms with van der Waals surface area (Å²) in [6.45, 7) is 2.04. The molecule has 0 radical (unpaired) electrons. The normalized spacial score (nSPS) is 32.5. The Morgan fingerprint density at radius 3 is 2.64 bits per heavy atom. The second-order valence-corrected chi connectivity index (χ2v) is 3.34. The van der Waals surface area contributed by atoms with Gasteiger partial charge < -0.3 is 10.8 Å². The van der Waals surface area contributed by atoms with Crippen molar-refractivity contribution < 1.29 is 9.90 Å². The van der Waals surface area contributed by atoms with Gasteiger partial charge in [-0.2, -0.15) is 0 Å². The maximum Gasteiger partial charge on any atom is 0.306 e. The minimum Gasteiger partial charge on any atom is -0.481 e. The molecule has 0 aromatic heterocycles. The molecule has 0 aromatic rings. The summed E-state index contributed by atoms with van der Waals surface area (Å²) in [5, 5.41) is 8.56. The van der Waals surface area contributed by atoms with E-state index in [9.17, 15) is 4.79 Å². The molecule has 1 aliphatic carbocycles. The molecule has 0 amide bonds. The van der Waals surface area contributed by atoms with E-state index in [0.29, 0.717) is 5.92 Å². The lowest BCUT2D eigenvalue weighted by Crippen LogP contribution is -2.41. The lowest BCUT2D eigenvalue weighted by atomic mass is 9.71. The van der Waals surface area contributed by atoms with Crippen molar-refractivity contribution in [2.75, 3.05) is 0 Å². The van der Waals surface area contributed by atoms with Gasteiger partial charge in [0, 0.05) is 6.04 Å². The van der Waals surface area contributed by atoms with E-state index in [1.807, 2.05) is 6.92 Å². The molecule has 0 spiro atoms. The van der Waals surface area contributed by atoms with Crippen LogP contribution in [0.1, 0.15) is 26.2 Å². The van der Waals surface area contributed by atoms with Crippen LogP contribution in [0, 0.1) is 11.8 Å². The van der Waals surface area contributed by atoms with Gasteiger partial charge in [-0.05, 0) is 25.2 Å². The third-order valence-corrected chi connectivity index (χ3v) is 2.60. The Hall–Kier alpha value is -0.570. The molecule has 3 heteroatoms. The second kappa shape index (κ2) is 3.22. The Labute approximate surface area is 66.6 Å². The van der Waals surface area contributed by atoms with Crippen LogP contribution in [0.4, 0.5) is 0 Å². The predicted molar refractivity (Wildman–Crippen MR) is 42.1 cm³/mol. The predicted octanol–water partition coefficient (Wildman–Crippen LogP) is 0.834. The molecule has 0 saturated heterocycles. The first-order valence-electron chi connectivity index (χ1n) is 4.13. The van der Waals surface area contributed by atoms with E-state index in [2.05, 4.69) is 0 Å². The molecule has 64 valence electrons. The van der Waals surface area contributed by atoms with Gasteiger partial charge in [0.2, 0.25) is 0 Å². The van der Waals surface area contributed by atoms with Crippen molar-refractivity contribution in [1.29, 1.82) is 0 Å². The summed E-state index contributed by atoms with van der Waals surface area (Å²) in [7, 11) is 0. The highest BCUT2D eigenvalue weighted by Gasteiger charge is 2.36. The zero-order valence-electron chi connectivity index (χ0n) is 6.79. The lowest BCUT2D eigenvalue weighted by molar-refractivity contribution is -0.146. The molecule has 1 fully saturated rings. The maximum atomic E-state index is 10.4. The minimum absolute atomic E-state index is 0.113. The van der Waals surface area contributed by atoms with Crippen LogP contribution in [-0.2, 0) is 4.79 Å². The number of nitrogens with two attached hydrogens (primary N) is 1. The molecule has 3 nitrogen and oxygen atoms in total. The Balaban J connectivity index is 2.23. The first-order chi connectivity index (χ1) is 5.15. The van der Waals surface area contributed by atoms with E-state index in [0.717, 1.165) is 19.3 Å². The van der Waals surface area contributed by atoms with Gasteiger partial charge in [-0.25, -0.2) is 0 Å². The van der Waals surface area contributed by atoms with Gasteiger partial charge in [0.1, 0.15) is 0 Å². The fourth-order valence-electron chi connectivity index (χ4n) is 1.55. The topological polar surface area (TPSA) is 63.3 Å². The van der Waals surface area contributed by atoms with E-state index in [1.165, 1.54) is 0 Å². The van der Waals surface area contributed by atoms with Crippen molar-refractivity contribution >= 4 is 5.97 Å². The highest BCUT2D eigenvalue weighted by molar-refractivity contribution is 5.71. The first-order valence-corrected chi connectivity index (χ1v) is 4.13. The van der Waals surface area contributed by atoms with Crippen LogP contribution in [0.3, 0.4) is 0 Å². The summed E-state index contributed by atoms with van der Waals surface area (Å²) in [6, 6.07) is 0.214. The number of carbonyl (C=O) groups is 1. The van der Waals surface area contributed by atoms with Crippen molar-refractivity contribution in [2.24, 2.45) is 17.6 Å².